The standard InChI is InChI=1S/C15H26O6/c1-16-14(17-2,18-3)12-9-10-7-8-11(12)13(10)15(19-4,20-5)21-6/h7-8,10-13H,9H2,1-6H3. The predicted molar refractivity (Wildman–Crippen MR) is 75.2 cm³/mol. The summed E-state index contributed by atoms with van der Waals surface area (Å²) in [7, 11) is 9.55. The first-order valence-corrected chi connectivity index (χ1v) is 7.07. The van der Waals surface area contributed by atoms with Crippen molar-refractivity contribution >= 4 is 0 Å². The summed E-state index contributed by atoms with van der Waals surface area (Å²) in [5.41, 5.74) is 0. The zero-order valence-electron chi connectivity index (χ0n) is 13.6. The summed E-state index contributed by atoms with van der Waals surface area (Å²) in [6.07, 6.45) is 5.20. The second kappa shape index (κ2) is 6.32. The lowest BCUT2D eigenvalue weighted by molar-refractivity contribution is -0.397. The quantitative estimate of drug-likeness (QED) is 0.501. The van der Waals surface area contributed by atoms with Gasteiger partial charge in [0.05, 0.1) is 5.92 Å². The number of fused-ring (bicyclic) bond motifs is 2. The van der Waals surface area contributed by atoms with Gasteiger partial charge in [-0.05, 0) is 18.3 Å². The van der Waals surface area contributed by atoms with Crippen LogP contribution in [0.1, 0.15) is 6.42 Å². The first kappa shape index (κ1) is 16.9. The van der Waals surface area contributed by atoms with Gasteiger partial charge in [-0.2, -0.15) is 0 Å². The van der Waals surface area contributed by atoms with E-state index >= 15 is 0 Å². The molecular weight excluding hydrogens is 276 g/mol. The molecule has 0 heterocycles. The minimum Gasteiger partial charge on any atom is -0.331 e. The van der Waals surface area contributed by atoms with Gasteiger partial charge in [-0.1, -0.05) is 12.2 Å². The average molecular weight is 302 g/mol. The molecule has 0 N–H and O–H groups in total. The summed E-state index contributed by atoms with van der Waals surface area (Å²) < 4.78 is 33.3. The minimum absolute atomic E-state index is 0.0299. The molecule has 6 heteroatoms. The summed E-state index contributed by atoms with van der Waals surface area (Å²) in [6, 6.07) is 0. The molecule has 122 valence electrons. The first-order valence-electron chi connectivity index (χ1n) is 7.07. The normalized spacial score (nSPS) is 32.1. The Kier molecular flexibility index (Phi) is 5.07. The van der Waals surface area contributed by atoms with Crippen LogP contribution in [0.15, 0.2) is 12.2 Å². The van der Waals surface area contributed by atoms with Gasteiger partial charge in [0.2, 0.25) is 0 Å². The third-order valence-corrected chi connectivity index (χ3v) is 5.02. The first-order chi connectivity index (χ1) is 10.1. The van der Waals surface area contributed by atoms with Gasteiger partial charge in [0.25, 0.3) is 11.9 Å². The van der Waals surface area contributed by atoms with Gasteiger partial charge >= 0.3 is 0 Å². The van der Waals surface area contributed by atoms with E-state index in [1.165, 1.54) is 0 Å². The lowest BCUT2D eigenvalue weighted by Gasteiger charge is -2.40. The number of hydrogen-bond donors (Lipinski definition) is 0. The Balaban J connectivity index is 2.32. The van der Waals surface area contributed by atoms with Crippen LogP contribution in [-0.2, 0) is 28.4 Å². The highest BCUT2D eigenvalue weighted by Gasteiger charge is 2.62. The Labute approximate surface area is 126 Å². The van der Waals surface area contributed by atoms with Gasteiger partial charge in [-0.3, -0.25) is 0 Å². The van der Waals surface area contributed by atoms with Crippen LogP contribution in [-0.4, -0.2) is 54.6 Å². The van der Waals surface area contributed by atoms with E-state index in [1.54, 1.807) is 42.7 Å². The molecule has 0 aromatic carbocycles. The Morgan fingerprint density at radius 2 is 1.19 bits per heavy atom. The van der Waals surface area contributed by atoms with Crippen molar-refractivity contribution in [3.8, 4) is 0 Å². The summed E-state index contributed by atoms with van der Waals surface area (Å²) in [6.45, 7) is 0. The summed E-state index contributed by atoms with van der Waals surface area (Å²) in [4.78, 5) is 0. The van der Waals surface area contributed by atoms with Crippen LogP contribution in [0.2, 0.25) is 0 Å². The lowest BCUT2D eigenvalue weighted by atomic mass is 9.87. The molecule has 0 aromatic heterocycles. The van der Waals surface area contributed by atoms with Crippen molar-refractivity contribution < 1.29 is 28.4 Å². The Hall–Kier alpha value is -0.500. The second-order valence-electron chi connectivity index (χ2n) is 5.43. The fourth-order valence-corrected chi connectivity index (χ4v) is 4.10. The lowest BCUT2D eigenvalue weighted by Crippen LogP contribution is -2.50. The van der Waals surface area contributed by atoms with E-state index in [1.807, 2.05) is 0 Å². The fourth-order valence-electron chi connectivity index (χ4n) is 4.10. The number of hydrogen-bond acceptors (Lipinski definition) is 6. The highest BCUT2D eigenvalue weighted by molar-refractivity contribution is 5.17. The van der Waals surface area contributed by atoms with Crippen LogP contribution in [0.5, 0.6) is 0 Å². The maximum Gasteiger partial charge on any atom is 0.286 e. The molecule has 0 aliphatic heterocycles. The minimum atomic E-state index is -1.07. The van der Waals surface area contributed by atoms with Gasteiger partial charge in [0, 0.05) is 48.6 Å². The van der Waals surface area contributed by atoms with Gasteiger partial charge in [0.1, 0.15) is 0 Å². The Bertz CT molecular complexity index is 358. The van der Waals surface area contributed by atoms with Crippen molar-refractivity contribution in [2.45, 2.75) is 18.4 Å². The molecule has 2 aliphatic carbocycles. The maximum atomic E-state index is 5.56. The molecule has 4 unspecified atom stereocenters. The maximum absolute atomic E-state index is 5.56. The molecule has 0 amide bonds. The van der Waals surface area contributed by atoms with E-state index in [0.717, 1.165) is 6.42 Å². The number of ether oxygens (including phenoxy) is 6. The van der Waals surface area contributed by atoms with Crippen molar-refractivity contribution in [3.63, 3.8) is 0 Å². The third-order valence-electron chi connectivity index (χ3n) is 5.02. The molecule has 0 spiro atoms. The van der Waals surface area contributed by atoms with E-state index in [2.05, 4.69) is 12.2 Å². The molecule has 0 saturated heterocycles. The van der Waals surface area contributed by atoms with E-state index in [9.17, 15) is 0 Å². The Morgan fingerprint density at radius 1 is 0.714 bits per heavy atom. The number of allylic oxidation sites excluding steroid dienone is 2. The van der Waals surface area contributed by atoms with E-state index in [-0.39, 0.29) is 23.7 Å². The molecule has 21 heavy (non-hydrogen) atoms. The largest absolute Gasteiger partial charge is 0.331 e. The smallest absolute Gasteiger partial charge is 0.286 e. The van der Waals surface area contributed by atoms with Crippen LogP contribution in [0.3, 0.4) is 0 Å². The van der Waals surface area contributed by atoms with E-state index < -0.39 is 11.9 Å². The van der Waals surface area contributed by atoms with Gasteiger partial charge in [-0.25, -0.2) is 0 Å². The zero-order chi connectivity index (χ0) is 15.7. The number of rotatable bonds is 8. The molecule has 2 bridgehead atoms. The van der Waals surface area contributed by atoms with Crippen molar-refractivity contribution in [1.29, 1.82) is 0 Å². The monoisotopic (exact) mass is 302 g/mol. The van der Waals surface area contributed by atoms with E-state index in [0.29, 0.717) is 0 Å². The van der Waals surface area contributed by atoms with Crippen molar-refractivity contribution in [2.75, 3.05) is 42.7 Å². The van der Waals surface area contributed by atoms with Gasteiger partial charge in [0.15, 0.2) is 0 Å². The molecule has 4 atom stereocenters. The van der Waals surface area contributed by atoms with Crippen molar-refractivity contribution in [3.05, 3.63) is 12.2 Å². The zero-order valence-corrected chi connectivity index (χ0v) is 13.6. The van der Waals surface area contributed by atoms with Crippen LogP contribution >= 0.6 is 0 Å². The highest BCUT2D eigenvalue weighted by Crippen LogP contribution is 2.57. The summed E-state index contributed by atoms with van der Waals surface area (Å²) in [5.74, 6) is -1.69. The highest BCUT2D eigenvalue weighted by atomic mass is 16.9. The molecule has 6 nitrogen and oxygen atoms in total. The second-order valence-corrected chi connectivity index (χ2v) is 5.43. The molecule has 1 saturated carbocycles. The van der Waals surface area contributed by atoms with Crippen molar-refractivity contribution in [2.24, 2.45) is 23.7 Å². The summed E-state index contributed by atoms with van der Waals surface area (Å²) >= 11 is 0. The molecule has 0 aromatic rings. The van der Waals surface area contributed by atoms with Crippen LogP contribution in [0.25, 0.3) is 0 Å². The van der Waals surface area contributed by atoms with Crippen LogP contribution in [0.4, 0.5) is 0 Å². The topological polar surface area (TPSA) is 55.4 Å². The van der Waals surface area contributed by atoms with E-state index in [4.69, 9.17) is 28.4 Å². The van der Waals surface area contributed by atoms with Gasteiger partial charge in [-0.15, -0.1) is 0 Å². The van der Waals surface area contributed by atoms with Gasteiger partial charge < -0.3 is 28.4 Å². The van der Waals surface area contributed by atoms with Crippen LogP contribution < -0.4 is 0 Å². The SMILES string of the molecule is COC(OC)(OC)C1CC2C=CC1C2C(OC)(OC)OC. The molecule has 0 radical (unpaired) electrons. The molecular formula is C15H26O6. The predicted octanol–water partition coefficient (Wildman–Crippen LogP) is 1.61. The molecule has 2 aliphatic rings. The van der Waals surface area contributed by atoms with Crippen LogP contribution in [0, 0.1) is 23.7 Å². The summed E-state index contributed by atoms with van der Waals surface area (Å²) in [5, 5.41) is 0. The number of methoxy groups -OCH3 is 6. The Morgan fingerprint density at radius 3 is 1.62 bits per heavy atom. The third kappa shape index (κ3) is 2.34. The average Bonchev–Trinajstić information content (AvgIpc) is 3.11. The van der Waals surface area contributed by atoms with Crippen molar-refractivity contribution in [1.82, 2.24) is 0 Å². The fraction of sp³-hybridized carbons (Fsp3) is 0.867. The molecule has 2 rings (SSSR count). The molecule has 1 fully saturated rings.